The average molecular weight is 465 g/mol. The minimum atomic E-state index is -0.540. The number of carbonyl (C=O) groups excluding carboxylic acids is 3. The van der Waals surface area contributed by atoms with Gasteiger partial charge < -0.3 is 14.2 Å². The van der Waals surface area contributed by atoms with Crippen molar-refractivity contribution < 1.29 is 28.6 Å². The van der Waals surface area contributed by atoms with Crippen LogP contribution in [0, 0.1) is 0 Å². The molecule has 0 saturated carbocycles. The maximum atomic E-state index is 12.3. The highest BCUT2D eigenvalue weighted by molar-refractivity contribution is 9.10. The highest BCUT2D eigenvalue weighted by atomic mass is 79.9. The van der Waals surface area contributed by atoms with Crippen LogP contribution < -0.4 is 4.74 Å². The van der Waals surface area contributed by atoms with E-state index < -0.39 is 5.97 Å². The fourth-order valence-electron chi connectivity index (χ4n) is 2.02. The standard InChI is InChI=1S/C16H15BrClNO6S/c1-23-4-3-19-15(21)12(26-16(19)22)7-9-5-10(17)14(11(18)6-9)25-8-13(20)24-2/h5-7H,3-4,8H2,1-2H3/b12-7+. The summed E-state index contributed by atoms with van der Waals surface area (Å²) < 4.78 is 15.2. The Balaban J connectivity index is 2.19. The normalized spacial score (nSPS) is 15.7. The van der Waals surface area contributed by atoms with Gasteiger partial charge in [0, 0.05) is 7.11 Å². The average Bonchev–Trinajstić information content (AvgIpc) is 2.85. The number of ether oxygens (including phenoxy) is 3. The Bertz CT molecular complexity index is 746. The third kappa shape index (κ3) is 5.00. The van der Waals surface area contributed by atoms with Gasteiger partial charge in [-0.2, -0.15) is 0 Å². The Hall–Kier alpha value is -1.55. The predicted molar refractivity (Wildman–Crippen MR) is 101 cm³/mol. The largest absolute Gasteiger partial charge is 0.479 e. The Kier molecular flexibility index (Phi) is 7.51. The number of benzene rings is 1. The Morgan fingerprint density at radius 3 is 2.69 bits per heavy atom. The molecule has 1 saturated heterocycles. The topological polar surface area (TPSA) is 82.1 Å². The molecule has 7 nitrogen and oxygen atoms in total. The monoisotopic (exact) mass is 463 g/mol. The summed E-state index contributed by atoms with van der Waals surface area (Å²) in [6.07, 6.45) is 1.57. The van der Waals surface area contributed by atoms with Crippen molar-refractivity contribution in [3.05, 3.63) is 32.1 Å². The number of methoxy groups -OCH3 is 2. The van der Waals surface area contributed by atoms with E-state index in [9.17, 15) is 14.4 Å². The number of rotatable bonds is 7. The van der Waals surface area contributed by atoms with Gasteiger partial charge in [-0.25, -0.2) is 4.79 Å². The number of carbonyl (C=O) groups is 3. The highest BCUT2D eigenvalue weighted by Crippen LogP contribution is 2.37. The molecule has 0 unspecified atom stereocenters. The van der Waals surface area contributed by atoms with Crippen molar-refractivity contribution in [1.82, 2.24) is 4.90 Å². The van der Waals surface area contributed by atoms with Crippen LogP contribution in [0.25, 0.3) is 6.08 Å². The van der Waals surface area contributed by atoms with Gasteiger partial charge in [0.05, 0.1) is 34.7 Å². The molecule has 1 fully saturated rings. The molecule has 0 spiro atoms. The predicted octanol–water partition coefficient (Wildman–Crippen LogP) is 3.34. The molecule has 2 rings (SSSR count). The van der Waals surface area contributed by atoms with Crippen molar-refractivity contribution in [2.45, 2.75) is 0 Å². The van der Waals surface area contributed by atoms with E-state index in [-0.39, 0.29) is 46.6 Å². The maximum Gasteiger partial charge on any atom is 0.343 e. The molecular formula is C16H15BrClNO6S. The van der Waals surface area contributed by atoms with Gasteiger partial charge in [-0.15, -0.1) is 0 Å². The summed E-state index contributed by atoms with van der Waals surface area (Å²) in [7, 11) is 2.75. The molecular weight excluding hydrogens is 450 g/mol. The van der Waals surface area contributed by atoms with Crippen molar-refractivity contribution in [3.8, 4) is 5.75 Å². The number of thioether (sulfide) groups is 1. The summed E-state index contributed by atoms with van der Waals surface area (Å²) in [5.41, 5.74) is 0.601. The van der Waals surface area contributed by atoms with Gasteiger partial charge in [0.1, 0.15) is 0 Å². The molecule has 1 aromatic carbocycles. The summed E-state index contributed by atoms with van der Waals surface area (Å²) in [5, 5.41) is -0.102. The van der Waals surface area contributed by atoms with Crippen LogP contribution in [0.5, 0.6) is 5.75 Å². The zero-order chi connectivity index (χ0) is 19.3. The first-order valence-electron chi connectivity index (χ1n) is 7.30. The molecule has 26 heavy (non-hydrogen) atoms. The number of hydrogen-bond acceptors (Lipinski definition) is 7. The molecule has 1 heterocycles. The van der Waals surface area contributed by atoms with E-state index in [1.807, 2.05) is 0 Å². The first-order chi connectivity index (χ1) is 12.4. The van der Waals surface area contributed by atoms with Gasteiger partial charge in [0.25, 0.3) is 11.1 Å². The second-order valence-corrected chi connectivity index (χ2v) is 7.26. The van der Waals surface area contributed by atoms with Crippen LogP contribution in [0.2, 0.25) is 5.02 Å². The molecule has 140 valence electrons. The maximum absolute atomic E-state index is 12.3. The van der Waals surface area contributed by atoms with Crippen molar-refractivity contribution in [1.29, 1.82) is 0 Å². The zero-order valence-electron chi connectivity index (χ0n) is 13.9. The van der Waals surface area contributed by atoms with Crippen molar-refractivity contribution >= 4 is 62.5 Å². The lowest BCUT2D eigenvalue weighted by Crippen LogP contribution is -2.31. The van der Waals surface area contributed by atoms with Crippen LogP contribution in [-0.4, -0.2) is 56.0 Å². The Morgan fingerprint density at radius 1 is 1.35 bits per heavy atom. The van der Waals surface area contributed by atoms with E-state index in [2.05, 4.69) is 20.7 Å². The SMILES string of the molecule is COCCN1C(=O)S/C(=C/c2cc(Cl)c(OCC(=O)OC)c(Br)c2)C1=O. The van der Waals surface area contributed by atoms with Crippen LogP contribution in [-0.2, 0) is 19.1 Å². The van der Waals surface area contributed by atoms with Crippen LogP contribution in [0.1, 0.15) is 5.56 Å². The Morgan fingerprint density at radius 2 is 2.08 bits per heavy atom. The van der Waals surface area contributed by atoms with E-state index in [0.29, 0.717) is 10.0 Å². The number of amides is 2. The summed E-state index contributed by atoms with van der Waals surface area (Å²) in [6, 6.07) is 3.24. The quantitative estimate of drug-likeness (QED) is 0.452. The lowest BCUT2D eigenvalue weighted by Gasteiger charge is -2.11. The summed E-state index contributed by atoms with van der Waals surface area (Å²) in [5.74, 6) is -0.639. The van der Waals surface area contributed by atoms with E-state index in [4.69, 9.17) is 21.1 Å². The van der Waals surface area contributed by atoms with Crippen LogP contribution in [0.15, 0.2) is 21.5 Å². The first-order valence-corrected chi connectivity index (χ1v) is 9.29. The fourth-order valence-corrected chi connectivity index (χ4v) is 3.87. The number of halogens is 2. The molecule has 0 atom stereocenters. The number of imide groups is 1. The van der Waals surface area contributed by atoms with Gasteiger partial charge in [-0.1, -0.05) is 11.6 Å². The Labute approximate surface area is 167 Å². The molecule has 0 bridgehead atoms. The van der Waals surface area contributed by atoms with Crippen LogP contribution in [0.3, 0.4) is 0 Å². The molecule has 2 amide bonds. The van der Waals surface area contributed by atoms with Crippen LogP contribution >= 0.6 is 39.3 Å². The number of nitrogens with zero attached hydrogens (tertiary/aromatic N) is 1. The third-order valence-electron chi connectivity index (χ3n) is 3.27. The van der Waals surface area contributed by atoms with E-state index in [1.165, 1.54) is 14.2 Å². The van der Waals surface area contributed by atoms with Gasteiger partial charge in [-0.05, 0) is 51.5 Å². The third-order valence-corrected chi connectivity index (χ3v) is 5.05. The highest BCUT2D eigenvalue weighted by Gasteiger charge is 2.34. The molecule has 10 heteroatoms. The van der Waals surface area contributed by atoms with E-state index >= 15 is 0 Å². The minimum Gasteiger partial charge on any atom is -0.479 e. The second kappa shape index (κ2) is 9.40. The number of esters is 1. The first kappa shape index (κ1) is 20.8. The molecule has 0 N–H and O–H groups in total. The van der Waals surface area contributed by atoms with Gasteiger partial charge in [-0.3, -0.25) is 14.5 Å². The van der Waals surface area contributed by atoms with Gasteiger partial charge in [0.2, 0.25) is 0 Å². The van der Waals surface area contributed by atoms with Crippen LogP contribution in [0.4, 0.5) is 4.79 Å². The van der Waals surface area contributed by atoms with Crippen molar-refractivity contribution in [3.63, 3.8) is 0 Å². The van der Waals surface area contributed by atoms with E-state index in [0.717, 1.165) is 16.7 Å². The minimum absolute atomic E-state index is 0.198. The zero-order valence-corrected chi connectivity index (χ0v) is 17.1. The van der Waals surface area contributed by atoms with E-state index in [1.54, 1.807) is 18.2 Å². The molecule has 1 aromatic rings. The molecule has 0 radical (unpaired) electrons. The molecule has 0 aromatic heterocycles. The summed E-state index contributed by atoms with van der Waals surface area (Å²) in [6.45, 7) is 0.185. The van der Waals surface area contributed by atoms with Crippen molar-refractivity contribution in [2.24, 2.45) is 0 Å². The lowest BCUT2D eigenvalue weighted by atomic mass is 10.2. The number of hydrogen-bond donors (Lipinski definition) is 0. The summed E-state index contributed by atoms with van der Waals surface area (Å²) in [4.78, 5) is 36.8. The second-order valence-electron chi connectivity index (χ2n) is 5.00. The lowest BCUT2D eigenvalue weighted by molar-refractivity contribution is -0.142. The fraction of sp³-hybridized carbons (Fsp3) is 0.312. The molecule has 0 aliphatic carbocycles. The smallest absolute Gasteiger partial charge is 0.343 e. The van der Waals surface area contributed by atoms with Gasteiger partial charge in [0.15, 0.2) is 12.4 Å². The van der Waals surface area contributed by atoms with Gasteiger partial charge >= 0.3 is 5.97 Å². The molecule has 1 aliphatic rings. The summed E-state index contributed by atoms with van der Waals surface area (Å²) >= 11 is 10.4. The molecule has 1 aliphatic heterocycles. The van der Waals surface area contributed by atoms with Crippen molar-refractivity contribution in [2.75, 3.05) is 34.0 Å².